The maximum absolute atomic E-state index is 12.1. The SMILES string of the molecule is C=C(O)[C@H](CCC(=O)NCCOCCOCC(=O)NCCOCCOCC(=O)NCCCC[C@H](NP)C1(O)CN1)NCCCCCCCC(=O)O. The molecule has 0 radical (unpaired) electrons. The number of rotatable bonds is 36. The topological polar surface area (TPSA) is 248 Å². The normalized spacial score (nSPS) is 16.3. The fourth-order valence-corrected chi connectivity index (χ4v) is 5.30. The van der Waals surface area contributed by atoms with Crippen molar-refractivity contribution in [1.82, 2.24) is 31.7 Å². The minimum Gasteiger partial charge on any atom is -0.511 e. The highest BCUT2D eigenvalue weighted by Gasteiger charge is 2.46. The van der Waals surface area contributed by atoms with Crippen molar-refractivity contribution in [3.63, 3.8) is 0 Å². The Balaban J connectivity index is 1.87. The van der Waals surface area contributed by atoms with Crippen molar-refractivity contribution < 1.29 is 53.4 Å². The van der Waals surface area contributed by atoms with E-state index in [9.17, 15) is 29.4 Å². The first kappa shape index (κ1) is 46.6. The zero-order valence-corrected chi connectivity index (χ0v) is 31.2. The highest BCUT2D eigenvalue weighted by Crippen LogP contribution is 2.22. The Morgan fingerprint density at radius 3 is 1.78 bits per heavy atom. The first-order valence-corrected chi connectivity index (χ1v) is 18.5. The highest BCUT2D eigenvalue weighted by atomic mass is 31.0. The van der Waals surface area contributed by atoms with Gasteiger partial charge in [0.15, 0.2) is 0 Å². The lowest BCUT2D eigenvalue weighted by Crippen LogP contribution is -2.40. The molecule has 1 heterocycles. The third kappa shape index (κ3) is 26.9. The number of carbonyl (C=O) groups is 4. The van der Waals surface area contributed by atoms with Crippen LogP contribution >= 0.6 is 9.39 Å². The van der Waals surface area contributed by atoms with Crippen molar-refractivity contribution in [1.29, 1.82) is 0 Å². The fraction of sp³-hybridized carbons (Fsp3) is 0.818. The number of aliphatic carboxylic acids is 1. The molecule has 51 heavy (non-hydrogen) atoms. The molecule has 1 rings (SSSR count). The second-order valence-corrected chi connectivity index (χ2v) is 12.7. The Morgan fingerprint density at radius 2 is 1.22 bits per heavy atom. The average molecular weight is 751 g/mol. The summed E-state index contributed by atoms with van der Waals surface area (Å²) < 4.78 is 21.4. The minimum atomic E-state index is -0.815. The largest absolute Gasteiger partial charge is 0.511 e. The molecule has 3 amide bonds. The van der Waals surface area contributed by atoms with Crippen LogP contribution in [0.2, 0.25) is 0 Å². The Morgan fingerprint density at radius 1 is 0.686 bits per heavy atom. The van der Waals surface area contributed by atoms with Gasteiger partial charge >= 0.3 is 5.97 Å². The molecule has 0 aromatic rings. The van der Waals surface area contributed by atoms with Crippen molar-refractivity contribution in [3.05, 3.63) is 12.3 Å². The summed E-state index contributed by atoms with van der Waals surface area (Å²) in [5.74, 6) is -1.43. The van der Waals surface area contributed by atoms with E-state index in [2.05, 4.69) is 47.6 Å². The number of hydrogen-bond acceptors (Lipinski definition) is 13. The van der Waals surface area contributed by atoms with Crippen molar-refractivity contribution in [2.45, 2.75) is 88.4 Å². The number of carboxylic acids is 1. The number of hydrogen-bond donors (Lipinski definition) is 9. The van der Waals surface area contributed by atoms with Gasteiger partial charge in [-0.2, -0.15) is 0 Å². The molecule has 1 fully saturated rings. The molecule has 0 bridgehead atoms. The lowest BCUT2D eigenvalue weighted by atomic mass is 10.1. The summed E-state index contributed by atoms with van der Waals surface area (Å²) >= 11 is 0. The van der Waals surface area contributed by atoms with E-state index >= 15 is 0 Å². The standard InChI is InChI=1S/C33H63N6O11P/c1-26(40)27(34-13-7-4-2-3-5-10-32(44)45)11-12-29(41)36-15-17-47-19-22-50-24-31(43)37-16-18-48-20-21-49-23-30(42)35-14-8-6-9-28(39-51)33(46)25-38-33/h27-28,34,38-40,46H,1-25,51H2,(H,35,42)(H,36,41)(H,37,43)(H,44,45)/t27-,28-,33?/m0/s1. The van der Waals surface area contributed by atoms with Crippen LogP contribution < -0.4 is 31.7 Å². The summed E-state index contributed by atoms with van der Waals surface area (Å²) in [7, 11) is 2.43. The quantitative estimate of drug-likeness (QED) is 0.0175. The predicted octanol–water partition coefficient (Wildman–Crippen LogP) is -0.153. The molecule has 4 atom stereocenters. The zero-order valence-electron chi connectivity index (χ0n) is 30.0. The molecular weight excluding hydrogens is 687 g/mol. The first-order valence-electron chi connectivity index (χ1n) is 17.9. The van der Waals surface area contributed by atoms with Crippen molar-refractivity contribution in [2.75, 3.05) is 85.6 Å². The van der Waals surface area contributed by atoms with Crippen molar-refractivity contribution in [2.24, 2.45) is 0 Å². The Hall–Kier alpha value is -2.47. The number of nitrogens with one attached hydrogen (secondary N) is 6. The van der Waals surface area contributed by atoms with Gasteiger partial charge in [0.2, 0.25) is 17.7 Å². The van der Waals surface area contributed by atoms with E-state index in [4.69, 9.17) is 24.1 Å². The van der Waals surface area contributed by atoms with Gasteiger partial charge in [-0.3, -0.25) is 29.6 Å². The summed E-state index contributed by atoms with van der Waals surface area (Å²) in [6.45, 7) is 7.43. The van der Waals surface area contributed by atoms with Gasteiger partial charge in [-0.1, -0.05) is 35.2 Å². The van der Waals surface area contributed by atoms with E-state index in [0.717, 1.165) is 44.9 Å². The van der Waals surface area contributed by atoms with Gasteiger partial charge in [0.05, 0.1) is 51.7 Å². The molecule has 0 aromatic heterocycles. The lowest BCUT2D eigenvalue weighted by molar-refractivity contribution is -0.137. The molecule has 0 saturated carbocycles. The second-order valence-electron chi connectivity index (χ2n) is 12.3. The lowest BCUT2D eigenvalue weighted by Gasteiger charge is -2.20. The average Bonchev–Trinajstić information content (AvgIpc) is 3.84. The van der Waals surface area contributed by atoms with Crippen LogP contribution in [0.25, 0.3) is 0 Å². The van der Waals surface area contributed by atoms with Gasteiger partial charge in [-0.25, -0.2) is 0 Å². The highest BCUT2D eigenvalue weighted by molar-refractivity contribution is 7.13. The maximum atomic E-state index is 12.1. The Kier molecular flexibility index (Phi) is 27.4. The van der Waals surface area contributed by atoms with Crippen LogP contribution in [0.4, 0.5) is 0 Å². The van der Waals surface area contributed by atoms with Crippen LogP contribution in [0.15, 0.2) is 12.3 Å². The summed E-state index contributed by atoms with van der Waals surface area (Å²) in [5, 5.41) is 46.0. The Labute approximate surface area is 304 Å². The van der Waals surface area contributed by atoms with Gasteiger partial charge in [0, 0.05) is 39.0 Å². The summed E-state index contributed by atoms with van der Waals surface area (Å²) in [6, 6.07) is -0.416. The zero-order chi connectivity index (χ0) is 37.6. The minimum absolute atomic E-state index is 0.0131. The number of amides is 3. The molecule has 0 spiro atoms. The number of carbonyl (C=O) groups excluding carboxylic acids is 3. The van der Waals surface area contributed by atoms with Crippen LogP contribution in [0.1, 0.15) is 70.6 Å². The van der Waals surface area contributed by atoms with Crippen molar-refractivity contribution in [3.8, 4) is 0 Å². The molecule has 0 aromatic carbocycles. The molecule has 18 heteroatoms. The number of β-amino-alcohol motifs (C(OH)–C–C–N with tert-alkyl or cyclic N) is 1. The number of ether oxygens (including phenoxy) is 4. The molecular formula is C33H63N6O11P. The molecule has 1 saturated heterocycles. The van der Waals surface area contributed by atoms with Gasteiger partial charge in [-0.15, -0.1) is 0 Å². The van der Waals surface area contributed by atoms with Gasteiger partial charge < -0.3 is 55.5 Å². The van der Waals surface area contributed by atoms with Gasteiger partial charge in [0.25, 0.3) is 0 Å². The molecule has 296 valence electrons. The smallest absolute Gasteiger partial charge is 0.303 e. The van der Waals surface area contributed by atoms with Crippen LogP contribution in [0.3, 0.4) is 0 Å². The van der Waals surface area contributed by atoms with Crippen LogP contribution in [0.5, 0.6) is 0 Å². The first-order chi connectivity index (χ1) is 24.6. The van der Waals surface area contributed by atoms with Gasteiger partial charge in [0.1, 0.15) is 24.7 Å². The molecule has 1 aliphatic rings. The second kappa shape index (κ2) is 30.0. The third-order valence-corrected chi connectivity index (χ3v) is 8.33. The van der Waals surface area contributed by atoms with E-state index in [1.54, 1.807) is 0 Å². The fourth-order valence-electron chi connectivity index (χ4n) is 4.85. The monoisotopic (exact) mass is 750 g/mol. The van der Waals surface area contributed by atoms with Gasteiger partial charge in [-0.05, 0) is 45.1 Å². The summed E-state index contributed by atoms with van der Waals surface area (Å²) in [5.41, 5.74) is -0.815. The van der Waals surface area contributed by atoms with E-state index in [-0.39, 0.29) is 101 Å². The third-order valence-electron chi connectivity index (χ3n) is 7.93. The number of aliphatic hydroxyl groups excluding tert-OH is 1. The maximum Gasteiger partial charge on any atom is 0.303 e. The Bertz CT molecular complexity index is 993. The summed E-state index contributed by atoms with van der Waals surface area (Å²) in [4.78, 5) is 46.4. The molecule has 1 aliphatic heterocycles. The number of aliphatic hydroxyl groups is 2. The molecule has 2 unspecified atom stereocenters. The van der Waals surface area contributed by atoms with E-state index in [0.29, 0.717) is 45.6 Å². The molecule has 9 N–H and O–H groups in total. The van der Waals surface area contributed by atoms with Crippen LogP contribution in [0, 0.1) is 0 Å². The van der Waals surface area contributed by atoms with Crippen LogP contribution in [-0.2, 0) is 38.1 Å². The predicted molar refractivity (Wildman–Crippen MR) is 194 cm³/mol. The number of unbranched alkanes of at least 4 members (excludes halogenated alkanes) is 5. The van der Waals surface area contributed by atoms with Crippen LogP contribution in [-0.4, -0.2) is 142 Å². The molecule has 0 aliphatic carbocycles. The summed E-state index contributed by atoms with van der Waals surface area (Å²) in [6.07, 6.45) is 7.64. The number of carboxylic acid groups (broad SMARTS) is 1. The van der Waals surface area contributed by atoms with E-state index < -0.39 is 11.7 Å². The van der Waals surface area contributed by atoms with Crippen molar-refractivity contribution >= 4 is 33.1 Å². The molecule has 17 nitrogen and oxygen atoms in total. The van der Waals surface area contributed by atoms with E-state index in [1.807, 2.05) is 0 Å². The van der Waals surface area contributed by atoms with E-state index in [1.165, 1.54) is 0 Å².